The standard InChI is InChI=1S/C20H28N2O/c1-4-6-7-10-17-13-14-21-20(22-17)18-11-8-9-12-19(18)23-15-16(3)5-2/h8-9,11-14,16H,4-7,10,15H2,1-3H3. The van der Waals surface area contributed by atoms with Gasteiger partial charge in [0, 0.05) is 11.9 Å². The first-order chi connectivity index (χ1) is 11.2. The first-order valence-electron chi connectivity index (χ1n) is 8.78. The quantitative estimate of drug-likeness (QED) is 0.589. The van der Waals surface area contributed by atoms with E-state index < -0.39 is 0 Å². The Kier molecular flexibility index (Phi) is 7.05. The molecule has 0 radical (unpaired) electrons. The second-order valence-electron chi connectivity index (χ2n) is 6.15. The average molecular weight is 312 g/mol. The van der Waals surface area contributed by atoms with Crippen molar-refractivity contribution in [2.45, 2.75) is 52.9 Å². The highest BCUT2D eigenvalue weighted by Gasteiger charge is 2.10. The van der Waals surface area contributed by atoms with Crippen molar-refractivity contribution in [2.75, 3.05) is 6.61 Å². The molecule has 1 unspecified atom stereocenters. The molecule has 1 atom stereocenters. The van der Waals surface area contributed by atoms with Gasteiger partial charge in [0.05, 0.1) is 12.2 Å². The van der Waals surface area contributed by atoms with Crippen LogP contribution in [0.15, 0.2) is 36.5 Å². The van der Waals surface area contributed by atoms with E-state index in [1.807, 2.05) is 36.5 Å². The molecule has 0 fully saturated rings. The van der Waals surface area contributed by atoms with E-state index in [2.05, 4.69) is 25.8 Å². The van der Waals surface area contributed by atoms with E-state index in [0.717, 1.165) is 42.3 Å². The molecule has 0 N–H and O–H groups in total. The first-order valence-corrected chi connectivity index (χ1v) is 8.78. The molecule has 2 aromatic rings. The minimum Gasteiger partial charge on any atom is -0.493 e. The van der Waals surface area contributed by atoms with Crippen LogP contribution in [0.5, 0.6) is 5.75 Å². The van der Waals surface area contributed by atoms with E-state index in [4.69, 9.17) is 9.72 Å². The van der Waals surface area contributed by atoms with Crippen LogP contribution >= 0.6 is 0 Å². The van der Waals surface area contributed by atoms with Crippen LogP contribution in [0.4, 0.5) is 0 Å². The molecule has 0 aliphatic rings. The highest BCUT2D eigenvalue weighted by molar-refractivity contribution is 5.63. The number of ether oxygens (including phenoxy) is 1. The number of rotatable bonds is 9. The fraction of sp³-hybridized carbons (Fsp3) is 0.500. The molecule has 0 saturated heterocycles. The molecule has 0 amide bonds. The third-order valence-electron chi connectivity index (χ3n) is 4.10. The second kappa shape index (κ2) is 9.29. The van der Waals surface area contributed by atoms with Crippen LogP contribution < -0.4 is 4.74 Å². The molecule has 3 heteroatoms. The summed E-state index contributed by atoms with van der Waals surface area (Å²) in [6, 6.07) is 10.1. The van der Waals surface area contributed by atoms with Gasteiger partial charge in [-0.25, -0.2) is 9.97 Å². The Balaban J connectivity index is 2.16. The molecular weight excluding hydrogens is 284 g/mol. The second-order valence-corrected chi connectivity index (χ2v) is 6.15. The SMILES string of the molecule is CCCCCc1ccnc(-c2ccccc2OCC(C)CC)n1. The van der Waals surface area contributed by atoms with E-state index in [1.54, 1.807) is 0 Å². The molecule has 23 heavy (non-hydrogen) atoms. The van der Waals surface area contributed by atoms with Crippen LogP contribution in [0, 0.1) is 5.92 Å². The molecule has 3 nitrogen and oxygen atoms in total. The number of hydrogen-bond acceptors (Lipinski definition) is 3. The number of unbranched alkanes of at least 4 members (excludes halogenated alkanes) is 2. The summed E-state index contributed by atoms with van der Waals surface area (Å²) in [6.07, 6.45) is 7.64. The van der Waals surface area contributed by atoms with Gasteiger partial charge in [0.15, 0.2) is 5.82 Å². The third-order valence-corrected chi connectivity index (χ3v) is 4.10. The zero-order valence-corrected chi connectivity index (χ0v) is 14.6. The van der Waals surface area contributed by atoms with E-state index >= 15 is 0 Å². The molecule has 1 aromatic heterocycles. The molecule has 0 aliphatic carbocycles. The Bertz CT molecular complexity index is 598. The van der Waals surface area contributed by atoms with Gasteiger partial charge in [-0.2, -0.15) is 0 Å². The van der Waals surface area contributed by atoms with Gasteiger partial charge >= 0.3 is 0 Å². The molecule has 1 heterocycles. The van der Waals surface area contributed by atoms with Gasteiger partial charge in [0.25, 0.3) is 0 Å². The smallest absolute Gasteiger partial charge is 0.163 e. The fourth-order valence-corrected chi connectivity index (χ4v) is 2.35. The Morgan fingerprint density at radius 1 is 1.09 bits per heavy atom. The molecule has 1 aromatic carbocycles. The topological polar surface area (TPSA) is 35.0 Å². The van der Waals surface area contributed by atoms with Crippen molar-refractivity contribution in [3.05, 3.63) is 42.2 Å². The van der Waals surface area contributed by atoms with Gasteiger partial charge < -0.3 is 4.74 Å². The fourth-order valence-electron chi connectivity index (χ4n) is 2.35. The maximum Gasteiger partial charge on any atom is 0.163 e. The Hall–Kier alpha value is -1.90. The third kappa shape index (κ3) is 5.34. The molecule has 0 aliphatic heterocycles. The van der Waals surface area contributed by atoms with E-state index in [1.165, 1.54) is 19.3 Å². The molecule has 0 bridgehead atoms. The Morgan fingerprint density at radius 2 is 1.91 bits per heavy atom. The van der Waals surface area contributed by atoms with Crippen LogP contribution in [0.1, 0.15) is 52.1 Å². The van der Waals surface area contributed by atoms with Crippen LogP contribution in [-0.2, 0) is 6.42 Å². The highest BCUT2D eigenvalue weighted by Crippen LogP contribution is 2.27. The summed E-state index contributed by atoms with van der Waals surface area (Å²) >= 11 is 0. The van der Waals surface area contributed by atoms with Crippen molar-refractivity contribution in [3.8, 4) is 17.1 Å². The summed E-state index contributed by atoms with van der Waals surface area (Å²) in [6.45, 7) is 7.33. The first kappa shape index (κ1) is 17.5. The van der Waals surface area contributed by atoms with Gasteiger partial charge in [-0.1, -0.05) is 52.2 Å². The Labute approximate surface area is 140 Å². The van der Waals surface area contributed by atoms with Gasteiger partial charge in [-0.3, -0.25) is 0 Å². The zero-order chi connectivity index (χ0) is 16.5. The monoisotopic (exact) mass is 312 g/mol. The highest BCUT2D eigenvalue weighted by atomic mass is 16.5. The van der Waals surface area contributed by atoms with Crippen LogP contribution in [-0.4, -0.2) is 16.6 Å². The summed E-state index contributed by atoms with van der Waals surface area (Å²) in [5, 5.41) is 0. The number of benzene rings is 1. The van der Waals surface area contributed by atoms with Gasteiger partial charge in [0.1, 0.15) is 5.75 Å². The van der Waals surface area contributed by atoms with E-state index in [0.29, 0.717) is 5.92 Å². The number of aromatic nitrogens is 2. The van der Waals surface area contributed by atoms with Gasteiger partial charge in [0.2, 0.25) is 0 Å². The van der Waals surface area contributed by atoms with Crippen molar-refractivity contribution in [3.63, 3.8) is 0 Å². The summed E-state index contributed by atoms with van der Waals surface area (Å²) in [5.41, 5.74) is 2.09. The van der Waals surface area contributed by atoms with Crippen molar-refractivity contribution >= 4 is 0 Å². The van der Waals surface area contributed by atoms with Crippen molar-refractivity contribution in [1.29, 1.82) is 0 Å². The summed E-state index contributed by atoms with van der Waals surface area (Å²) in [7, 11) is 0. The maximum absolute atomic E-state index is 6.00. The lowest BCUT2D eigenvalue weighted by Crippen LogP contribution is -2.08. The minimum absolute atomic E-state index is 0.546. The molecule has 124 valence electrons. The normalized spacial score (nSPS) is 12.1. The van der Waals surface area contributed by atoms with E-state index in [-0.39, 0.29) is 0 Å². The van der Waals surface area contributed by atoms with Crippen LogP contribution in [0.25, 0.3) is 11.4 Å². The lowest BCUT2D eigenvalue weighted by molar-refractivity contribution is 0.257. The molecule has 0 spiro atoms. The number of hydrogen-bond donors (Lipinski definition) is 0. The maximum atomic E-state index is 6.00. The lowest BCUT2D eigenvalue weighted by atomic mass is 10.1. The largest absolute Gasteiger partial charge is 0.493 e. The lowest BCUT2D eigenvalue weighted by Gasteiger charge is -2.14. The summed E-state index contributed by atoms with van der Waals surface area (Å²) in [4.78, 5) is 9.19. The average Bonchev–Trinajstić information content (AvgIpc) is 2.60. The molecular formula is C20H28N2O. The van der Waals surface area contributed by atoms with E-state index in [9.17, 15) is 0 Å². The van der Waals surface area contributed by atoms with Crippen LogP contribution in [0.2, 0.25) is 0 Å². The van der Waals surface area contributed by atoms with Crippen molar-refractivity contribution in [1.82, 2.24) is 9.97 Å². The number of nitrogens with zero attached hydrogens (tertiary/aromatic N) is 2. The minimum atomic E-state index is 0.546. The molecule has 2 rings (SSSR count). The van der Waals surface area contributed by atoms with Crippen molar-refractivity contribution < 1.29 is 4.74 Å². The van der Waals surface area contributed by atoms with Crippen LogP contribution in [0.3, 0.4) is 0 Å². The zero-order valence-electron chi connectivity index (χ0n) is 14.6. The Morgan fingerprint density at radius 3 is 2.70 bits per heavy atom. The number of aryl methyl sites for hydroxylation is 1. The predicted octanol–water partition coefficient (Wildman–Crippen LogP) is 5.30. The van der Waals surface area contributed by atoms with Gasteiger partial charge in [-0.15, -0.1) is 0 Å². The summed E-state index contributed by atoms with van der Waals surface area (Å²) in [5.74, 6) is 2.18. The molecule has 0 saturated carbocycles. The predicted molar refractivity (Wildman–Crippen MR) is 95.6 cm³/mol. The van der Waals surface area contributed by atoms with Crippen molar-refractivity contribution in [2.24, 2.45) is 5.92 Å². The van der Waals surface area contributed by atoms with Gasteiger partial charge in [-0.05, 0) is 37.0 Å². The number of para-hydroxylation sites is 1. The summed E-state index contributed by atoms with van der Waals surface area (Å²) < 4.78 is 6.00.